The van der Waals surface area contributed by atoms with E-state index in [1.54, 1.807) is 0 Å². The standard InChI is InChI=1S/C13H19N3/c1-4-14-9-13-15-11-8-10(3)6-7-12(11)16(13)5-2/h6-8,14H,4-5,9H2,1-3H3. The molecule has 0 spiro atoms. The molecule has 0 unspecified atom stereocenters. The average Bonchev–Trinajstić information content (AvgIpc) is 2.62. The molecule has 1 N–H and O–H groups in total. The summed E-state index contributed by atoms with van der Waals surface area (Å²) >= 11 is 0. The number of imidazole rings is 1. The minimum absolute atomic E-state index is 0.845. The monoisotopic (exact) mass is 217 g/mol. The third-order valence-electron chi connectivity index (χ3n) is 2.83. The lowest BCUT2D eigenvalue weighted by atomic mass is 10.2. The van der Waals surface area contributed by atoms with E-state index in [4.69, 9.17) is 0 Å². The molecule has 16 heavy (non-hydrogen) atoms. The Bertz CT molecular complexity index is 485. The number of hydrogen-bond acceptors (Lipinski definition) is 2. The molecule has 86 valence electrons. The number of aromatic nitrogens is 2. The smallest absolute Gasteiger partial charge is 0.123 e. The molecule has 0 radical (unpaired) electrons. The van der Waals surface area contributed by atoms with Gasteiger partial charge in [0.25, 0.3) is 0 Å². The fourth-order valence-corrected chi connectivity index (χ4v) is 2.01. The molecule has 2 rings (SSSR count). The fourth-order valence-electron chi connectivity index (χ4n) is 2.01. The van der Waals surface area contributed by atoms with E-state index in [1.807, 2.05) is 0 Å². The molecule has 3 nitrogen and oxygen atoms in total. The van der Waals surface area contributed by atoms with E-state index < -0.39 is 0 Å². The van der Waals surface area contributed by atoms with Crippen LogP contribution in [0, 0.1) is 6.92 Å². The summed E-state index contributed by atoms with van der Waals surface area (Å²) < 4.78 is 2.28. The Hall–Kier alpha value is -1.35. The molecular formula is C13H19N3. The maximum Gasteiger partial charge on any atom is 0.123 e. The summed E-state index contributed by atoms with van der Waals surface area (Å²) in [5, 5.41) is 3.33. The Balaban J connectivity index is 2.48. The number of nitrogens with one attached hydrogen (secondary N) is 1. The van der Waals surface area contributed by atoms with Crippen molar-refractivity contribution in [2.75, 3.05) is 6.54 Å². The first kappa shape index (κ1) is 11.1. The largest absolute Gasteiger partial charge is 0.327 e. The number of nitrogens with zero attached hydrogens (tertiary/aromatic N) is 2. The molecule has 1 heterocycles. The molecule has 1 aromatic carbocycles. The van der Waals surface area contributed by atoms with Gasteiger partial charge >= 0.3 is 0 Å². The topological polar surface area (TPSA) is 29.9 Å². The van der Waals surface area contributed by atoms with Gasteiger partial charge in [-0.3, -0.25) is 0 Å². The molecule has 1 aromatic heterocycles. The SMILES string of the molecule is CCNCc1nc2cc(C)ccc2n1CC. The van der Waals surface area contributed by atoms with Gasteiger partial charge in [-0.1, -0.05) is 13.0 Å². The summed E-state index contributed by atoms with van der Waals surface area (Å²) in [5.74, 6) is 1.13. The minimum Gasteiger partial charge on any atom is -0.327 e. The van der Waals surface area contributed by atoms with Crippen molar-refractivity contribution in [3.05, 3.63) is 29.6 Å². The average molecular weight is 217 g/mol. The predicted octanol–water partition coefficient (Wildman–Crippen LogP) is 2.47. The molecule has 0 amide bonds. The summed E-state index contributed by atoms with van der Waals surface area (Å²) in [7, 11) is 0. The van der Waals surface area contributed by atoms with E-state index in [-0.39, 0.29) is 0 Å². The van der Waals surface area contributed by atoms with Gasteiger partial charge in [0.2, 0.25) is 0 Å². The summed E-state index contributed by atoms with van der Waals surface area (Å²) in [4.78, 5) is 4.68. The summed E-state index contributed by atoms with van der Waals surface area (Å²) in [5.41, 5.74) is 3.61. The number of rotatable bonds is 4. The Morgan fingerprint density at radius 2 is 2.12 bits per heavy atom. The summed E-state index contributed by atoms with van der Waals surface area (Å²) in [6.45, 7) is 9.18. The van der Waals surface area contributed by atoms with Gasteiger partial charge in [0.05, 0.1) is 17.6 Å². The van der Waals surface area contributed by atoms with Crippen molar-refractivity contribution in [1.82, 2.24) is 14.9 Å². The Morgan fingerprint density at radius 3 is 2.81 bits per heavy atom. The first-order chi connectivity index (χ1) is 7.76. The number of hydrogen-bond donors (Lipinski definition) is 1. The van der Waals surface area contributed by atoms with Gasteiger partial charge in [-0.2, -0.15) is 0 Å². The predicted molar refractivity (Wildman–Crippen MR) is 67.5 cm³/mol. The molecule has 0 aliphatic carbocycles. The highest BCUT2D eigenvalue weighted by Gasteiger charge is 2.08. The second kappa shape index (κ2) is 4.66. The van der Waals surface area contributed by atoms with Crippen LogP contribution in [-0.2, 0) is 13.1 Å². The second-order valence-corrected chi connectivity index (χ2v) is 4.04. The van der Waals surface area contributed by atoms with E-state index >= 15 is 0 Å². The zero-order valence-corrected chi connectivity index (χ0v) is 10.2. The van der Waals surface area contributed by atoms with Gasteiger partial charge in [0.15, 0.2) is 0 Å². The number of fused-ring (bicyclic) bond motifs is 1. The Kier molecular flexibility index (Phi) is 3.25. The molecule has 0 bridgehead atoms. The Labute approximate surface area is 96.5 Å². The van der Waals surface area contributed by atoms with Gasteiger partial charge in [-0.15, -0.1) is 0 Å². The first-order valence-corrected chi connectivity index (χ1v) is 5.92. The molecular weight excluding hydrogens is 198 g/mol. The lowest BCUT2D eigenvalue weighted by Crippen LogP contribution is -2.16. The van der Waals surface area contributed by atoms with Crippen LogP contribution in [0.1, 0.15) is 25.2 Å². The minimum atomic E-state index is 0.845. The highest BCUT2D eigenvalue weighted by Crippen LogP contribution is 2.17. The quantitative estimate of drug-likeness (QED) is 0.852. The normalized spacial score (nSPS) is 11.2. The number of aryl methyl sites for hydroxylation is 2. The lowest BCUT2D eigenvalue weighted by molar-refractivity contribution is 0.638. The molecule has 0 saturated heterocycles. The highest BCUT2D eigenvalue weighted by molar-refractivity contribution is 5.76. The lowest BCUT2D eigenvalue weighted by Gasteiger charge is -2.05. The fraction of sp³-hybridized carbons (Fsp3) is 0.462. The van der Waals surface area contributed by atoms with Gasteiger partial charge in [-0.05, 0) is 38.1 Å². The van der Waals surface area contributed by atoms with Crippen LogP contribution in [0.2, 0.25) is 0 Å². The Morgan fingerprint density at radius 1 is 1.31 bits per heavy atom. The zero-order valence-electron chi connectivity index (χ0n) is 10.2. The third kappa shape index (κ3) is 1.95. The van der Waals surface area contributed by atoms with Crippen LogP contribution >= 0.6 is 0 Å². The van der Waals surface area contributed by atoms with Crippen molar-refractivity contribution < 1.29 is 0 Å². The van der Waals surface area contributed by atoms with Crippen LogP contribution in [0.25, 0.3) is 11.0 Å². The van der Waals surface area contributed by atoms with E-state index in [2.05, 4.69) is 53.8 Å². The molecule has 3 heteroatoms. The molecule has 0 saturated carbocycles. The van der Waals surface area contributed by atoms with Crippen molar-refractivity contribution in [2.45, 2.75) is 33.9 Å². The van der Waals surface area contributed by atoms with Crippen LogP contribution in [0.15, 0.2) is 18.2 Å². The first-order valence-electron chi connectivity index (χ1n) is 5.92. The second-order valence-electron chi connectivity index (χ2n) is 4.04. The molecule has 0 aliphatic rings. The van der Waals surface area contributed by atoms with Crippen molar-refractivity contribution in [1.29, 1.82) is 0 Å². The van der Waals surface area contributed by atoms with Crippen LogP contribution in [-0.4, -0.2) is 16.1 Å². The zero-order chi connectivity index (χ0) is 11.5. The van der Waals surface area contributed by atoms with E-state index in [9.17, 15) is 0 Å². The molecule has 0 fully saturated rings. The summed E-state index contributed by atoms with van der Waals surface area (Å²) in [6, 6.07) is 6.46. The van der Waals surface area contributed by atoms with E-state index in [0.29, 0.717) is 0 Å². The molecule has 0 atom stereocenters. The van der Waals surface area contributed by atoms with Gasteiger partial charge < -0.3 is 9.88 Å². The van der Waals surface area contributed by atoms with Crippen molar-refractivity contribution in [3.63, 3.8) is 0 Å². The van der Waals surface area contributed by atoms with Crippen LogP contribution in [0.5, 0.6) is 0 Å². The third-order valence-corrected chi connectivity index (χ3v) is 2.83. The van der Waals surface area contributed by atoms with Crippen LogP contribution in [0.3, 0.4) is 0 Å². The van der Waals surface area contributed by atoms with Gasteiger partial charge in [-0.25, -0.2) is 4.98 Å². The van der Waals surface area contributed by atoms with Crippen molar-refractivity contribution >= 4 is 11.0 Å². The maximum absolute atomic E-state index is 4.68. The number of benzene rings is 1. The van der Waals surface area contributed by atoms with E-state index in [1.165, 1.54) is 11.1 Å². The molecule has 2 aromatic rings. The summed E-state index contributed by atoms with van der Waals surface area (Å²) in [6.07, 6.45) is 0. The van der Waals surface area contributed by atoms with Crippen molar-refractivity contribution in [3.8, 4) is 0 Å². The van der Waals surface area contributed by atoms with Gasteiger partial charge in [0.1, 0.15) is 5.82 Å². The molecule has 0 aliphatic heterocycles. The van der Waals surface area contributed by atoms with Crippen LogP contribution < -0.4 is 5.32 Å². The van der Waals surface area contributed by atoms with E-state index in [0.717, 1.165) is 31.0 Å². The van der Waals surface area contributed by atoms with Crippen LogP contribution in [0.4, 0.5) is 0 Å². The highest BCUT2D eigenvalue weighted by atomic mass is 15.1. The van der Waals surface area contributed by atoms with Crippen molar-refractivity contribution in [2.24, 2.45) is 0 Å². The van der Waals surface area contributed by atoms with Gasteiger partial charge in [0, 0.05) is 6.54 Å². The maximum atomic E-state index is 4.68.